The highest BCUT2D eigenvalue weighted by Gasteiger charge is 2.12. The molecule has 0 aliphatic heterocycles. The fourth-order valence-corrected chi connectivity index (χ4v) is 2.73. The van der Waals surface area contributed by atoms with Crippen molar-refractivity contribution in [3.05, 3.63) is 48.0 Å². The summed E-state index contributed by atoms with van der Waals surface area (Å²) in [5.41, 5.74) is 9.04. The lowest BCUT2D eigenvalue weighted by atomic mass is 10.0. The molecule has 0 amide bonds. The fraction of sp³-hybridized carbons (Fsp3) is 0.250. The number of para-hydroxylation sites is 1. The number of hydrogen-bond donors (Lipinski definition) is 1. The lowest BCUT2D eigenvalue weighted by Gasteiger charge is -2.08. The number of nitrogens with zero attached hydrogens (tertiary/aromatic N) is 1. The Balaban J connectivity index is 2.36. The first-order valence-corrected chi connectivity index (χ1v) is 6.58. The van der Waals surface area contributed by atoms with Crippen LogP contribution in [0.15, 0.2) is 42.5 Å². The molecule has 0 radical (unpaired) electrons. The molecule has 0 aliphatic carbocycles. The number of benzene rings is 2. The van der Waals surface area contributed by atoms with Crippen LogP contribution >= 0.6 is 0 Å². The first kappa shape index (κ1) is 12.2. The standard InChI is InChI=1S/C16H17FN2/c1-2-19-15-6-4-3-5-12(15)13-9-11(14(18)10-17)7-8-16(13)19/h3-9,14H,2,10,18H2,1H3/t14-/m1/s1. The number of rotatable bonds is 3. The molecular formula is C16H17FN2. The molecule has 3 aromatic rings. The summed E-state index contributed by atoms with van der Waals surface area (Å²) in [6.45, 7) is 2.52. The van der Waals surface area contributed by atoms with E-state index in [1.165, 1.54) is 16.4 Å². The van der Waals surface area contributed by atoms with Crippen molar-refractivity contribution in [2.75, 3.05) is 6.67 Å². The van der Waals surface area contributed by atoms with Crippen molar-refractivity contribution < 1.29 is 4.39 Å². The van der Waals surface area contributed by atoms with Gasteiger partial charge in [0.25, 0.3) is 0 Å². The summed E-state index contributed by atoms with van der Waals surface area (Å²) in [4.78, 5) is 0. The molecule has 1 atom stereocenters. The van der Waals surface area contributed by atoms with Crippen LogP contribution in [0.3, 0.4) is 0 Å². The minimum absolute atomic E-state index is 0.530. The van der Waals surface area contributed by atoms with Crippen molar-refractivity contribution in [1.29, 1.82) is 0 Å². The maximum atomic E-state index is 12.7. The minimum atomic E-state index is -0.534. The van der Waals surface area contributed by atoms with Gasteiger partial charge >= 0.3 is 0 Å². The Bertz CT molecular complexity index is 730. The third kappa shape index (κ3) is 1.81. The fourth-order valence-electron chi connectivity index (χ4n) is 2.73. The molecule has 2 aromatic carbocycles. The van der Waals surface area contributed by atoms with Crippen LogP contribution in [0.25, 0.3) is 21.8 Å². The summed E-state index contributed by atoms with van der Waals surface area (Å²) in [7, 11) is 0. The Labute approximate surface area is 111 Å². The van der Waals surface area contributed by atoms with Gasteiger partial charge in [-0.3, -0.25) is 0 Å². The van der Waals surface area contributed by atoms with Crippen molar-refractivity contribution in [3.8, 4) is 0 Å². The van der Waals surface area contributed by atoms with Gasteiger partial charge in [0.05, 0.1) is 6.04 Å². The van der Waals surface area contributed by atoms with Crippen LogP contribution in [0, 0.1) is 0 Å². The molecule has 0 saturated heterocycles. The Morgan fingerprint density at radius 3 is 2.58 bits per heavy atom. The normalized spacial score (nSPS) is 13.2. The SMILES string of the molecule is CCn1c2ccccc2c2cc([C@H](N)CF)ccc21. The van der Waals surface area contributed by atoms with Crippen molar-refractivity contribution in [2.45, 2.75) is 19.5 Å². The monoisotopic (exact) mass is 256 g/mol. The molecule has 98 valence electrons. The molecule has 2 N–H and O–H groups in total. The predicted octanol–water partition coefficient (Wildman–Crippen LogP) is 3.78. The van der Waals surface area contributed by atoms with E-state index in [9.17, 15) is 4.39 Å². The second-order valence-electron chi connectivity index (χ2n) is 4.80. The summed E-state index contributed by atoms with van der Waals surface area (Å²) in [5.74, 6) is 0. The Hall–Kier alpha value is -1.87. The quantitative estimate of drug-likeness (QED) is 0.759. The van der Waals surface area contributed by atoms with Crippen molar-refractivity contribution in [3.63, 3.8) is 0 Å². The molecule has 3 heteroatoms. The second kappa shape index (κ2) is 4.67. The average molecular weight is 256 g/mol. The summed E-state index contributed by atoms with van der Waals surface area (Å²) < 4.78 is 15.0. The lowest BCUT2D eigenvalue weighted by Crippen LogP contribution is -2.11. The van der Waals surface area contributed by atoms with Crippen LogP contribution in [0.4, 0.5) is 4.39 Å². The number of halogens is 1. The Kier molecular flexibility index (Phi) is 2.99. The number of aryl methyl sites for hydroxylation is 1. The van der Waals surface area contributed by atoms with Gasteiger partial charge in [0.2, 0.25) is 0 Å². The molecular weight excluding hydrogens is 239 g/mol. The molecule has 0 saturated carbocycles. The third-order valence-corrected chi connectivity index (χ3v) is 3.71. The molecule has 0 bridgehead atoms. The third-order valence-electron chi connectivity index (χ3n) is 3.71. The average Bonchev–Trinajstić information content (AvgIpc) is 2.79. The molecule has 1 heterocycles. The second-order valence-corrected chi connectivity index (χ2v) is 4.80. The van der Waals surface area contributed by atoms with Gasteiger partial charge in [-0.25, -0.2) is 4.39 Å². The summed E-state index contributed by atoms with van der Waals surface area (Å²) in [6.07, 6.45) is 0. The largest absolute Gasteiger partial charge is 0.341 e. The van der Waals surface area contributed by atoms with E-state index in [1.807, 2.05) is 30.3 Å². The molecule has 0 spiro atoms. The number of alkyl halides is 1. The van der Waals surface area contributed by atoms with Gasteiger partial charge in [0.15, 0.2) is 0 Å². The molecule has 1 aromatic heterocycles. The van der Waals surface area contributed by atoms with E-state index in [-0.39, 0.29) is 0 Å². The topological polar surface area (TPSA) is 30.9 Å². The van der Waals surface area contributed by atoms with E-state index in [0.29, 0.717) is 0 Å². The Morgan fingerprint density at radius 2 is 1.84 bits per heavy atom. The highest BCUT2D eigenvalue weighted by Crippen LogP contribution is 2.30. The smallest absolute Gasteiger partial charge is 0.109 e. The molecule has 2 nitrogen and oxygen atoms in total. The van der Waals surface area contributed by atoms with Crippen LogP contribution in [0.2, 0.25) is 0 Å². The zero-order valence-electron chi connectivity index (χ0n) is 10.9. The first-order chi connectivity index (χ1) is 9.26. The number of aromatic nitrogens is 1. The van der Waals surface area contributed by atoms with Crippen molar-refractivity contribution in [1.82, 2.24) is 4.57 Å². The minimum Gasteiger partial charge on any atom is -0.341 e. The van der Waals surface area contributed by atoms with E-state index in [0.717, 1.165) is 17.5 Å². The molecule has 19 heavy (non-hydrogen) atoms. The molecule has 0 unspecified atom stereocenters. The Morgan fingerprint density at radius 1 is 1.11 bits per heavy atom. The predicted molar refractivity (Wildman–Crippen MR) is 78.0 cm³/mol. The van der Waals surface area contributed by atoms with Gasteiger partial charge in [-0.05, 0) is 30.7 Å². The van der Waals surface area contributed by atoms with Crippen LogP contribution in [0.1, 0.15) is 18.5 Å². The number of hydrogen-bond acceptors (Lipinski definition) is 1. The van der Waals surface area contributed by atoms with Crippen molar-refractivity contribution >= 4 is 21.8 Å². The van der Waals surface area contributed by atoms with E-state index < -0.39 is 12.7 Å². The lowest BCUT2D eigenvalue weighted by molar-refractivity contribution is 0.437. The van der Waals surface area contributed by atoms with Gasteiger partial charge in [-0.15, -0.1) is 0 Å². The molecule has 3 rings (SSSR count). The molecule has 0 fully saturated rings. The summed E-state index contributed by atoms with van der Waals surface area (Å²) in [5, 5.41) is 2.35. The molecule has 0 aliphatic rings. The number of nitrogens with two attached hydrogens (primary N) is 1. The number of fused-ring (bicyclic) bond motifs is 3. The van der Waals surface area contributed by atoms with E-state index in [4.69, 9.17) is 5.73 Å². The maximum Gasteiger partial charge on any atom is 0.109 e. The van der Waals surface area contributed by atoms with E-state index in [1.54, 1.807) is 0 Å². The van der Waals surface area contributed by atoms with Gasteiger partial charge in [-0.1, -0.05) is 24.3 Å². The maximum absolute atomic E-state index is 12.7. The van der Waals surface area contributed by atoms with Gasteiger partial charge < -0.3 is 10.3 Å². The van der Waals surface area contributed by atoms with Crippen LogP contribution in [-0.2, 0) is 6.54 Å². The summed E-state index contributed by atoms with van der Waals surface area (Å²) in [6, 6.07) is 13.8. The van der Waals surface area contributed by atoms with Gasteiger partial charge in [0, 0.05) is 28.4 Å². The van der Waals surface area contributed by atoms with E-state index in [2.05, 4.69) is 23.6 Å². The highest BCUT2D eigenvalue weighted by molar-refractivity contribution is 6.08. The van der Waals surface area contributed by atoms with Crippen LogP contribution < -0.4 is 5.73 Å². The summed E-state index contributed by atoms with van der Waals surface area (Å²) >= 11 is 0. The van der Waals surface area contributed by atoms with Gasteiger partial charge in [-0.2, -0.15) is 0 Å². The van der Waals surface area contributed by atoms with Crippen molar-refractivity contribution in [2.24, 2.45) is 5.73 Å². The highest BCUT2D eigenvalue weighted by atomic mass is 19.1. The first-order valence-electron chi connectivity index (χ1n) is 6.58. The van der Waals surface area contributed by atoms with E-state index >= 15 is 0 Å². The zero-order chi connectivity index (χ0) is 13.4. The zero-order valence-corrected chi connectivity index (χ0v) is 10.9. The van der Waals surface area contributed by atoms with Crippen LogP contribution in [0.5, 0.6) is 0 Å². The van der Waals surface area contributed by atoms with Crippen LogP contribution in [-0.4, -0.2) is 11.2 Å². The van der Waals surface area contributed by atoms with Gasteiger partial charge in [0.1, 0.15) is 6.67 Å².